The summed E-state index contributed by atoms with van der Waals surface area (Å²) in [5.74, 6) is -0.440. The van der Waals surface area contributed by atoms with E-state index in [9.17, 15) is 13.2 Å². The molecule has 0 aliphatic heterocycles. The molecule has 1 unspecified atom stereocenters. The number of rotatable bonds is 6. The van der Waals surface area contributed by atoms with Crippen LogP contribution in [0.2, 0.25) is 0 Å². The van der Waals surface area contributed by atoms with Crippen molar-refractivity contribution in [2.75, 3.05) is 22.8 Å². The highest BCUT2D eigenvalue weighted by atomic mass is 32.2. The largest absolute Gasteiger partial charge is 0.330 e. The predicted octanol–water partition coefficient (Wildman–Crippen LogP) is 1.71. The van der Waals surface area contributed by atoms with Gasteiger partial charge >= 0.3 is 0 Å². The number of sulfonamides is 1. The van der Waals surface area contributed by atoms with Crippen LogP contribution in [0, 0.1) is 5.92 Å². The van der Waals surface area contributed by atoms with Gasteiger partial charge in [-0.1, -0.05) is 19.1 Å². The van der Waals surface area contributed by atoms with E-state index in [1.807, 2.05) is 5.38 Å². The van der Waals surface area contributed by atoms with Crippen LogP contribution in [0.15, 0.2) is 29.6 Å². The Bertz CT molecular complexity index is 785. The molecule has 9 heteroatoms. The molecule has 0 saturated heterocycles. The van der Waals surface area contributed by atoms with Crippen LogP contribution < -0.4 is 15.8 Å². The van der Waals surface area contributed by atoms with Gasteiger partial charge in [-0.3, -0.25) is 9.52 Å². The number of anilines is 2. The molecule has 0 aliphatic carbocycles. The zero-order valence-corrected chi connectivity index (χ0v) is 14.4. The third-order valence-electron chi connectivity index (χ3n) is 3.02. The smallest absolute Gasteiger partial charge is 0.230 e. The average molecular weight is 354 g/mol. The maximum absolute atomic E-state index is 11.8. The molecular weight excluding hydrogens is 336 g/mol. The molecule has 0 radical (unpaired) electrons. The van der Waals surface area contributed by atoms with Crippen molar-refractivity contribution in [3.8, 4) is 11.3 Å². The first-order chi connectivity index (χ1) is 10.8. The maximum Gasteiger partial charge on any atom is 0.230 e. The number of carbonyl (C=O) groups excluding carboxylic acids is 1. The number of aromatic nitrogens is 1. The standard InChI is InChI=1S/C14H18N4O3S2/c1-9(7-15)13(19)17-14-16-12(8-22-14)10-3-5-11(6-4-10)18-23(2,20)21/h3-6,8-9,18H,7,15H2,1-2H3,(H,16,17,19). The van der Waals surface area contributed by atoms with E-state index in [0.717, 1.165) is 11.8 Å². The summed E-state index contributed by atoms with van der Waals surface area (Å²) in [6.07, 6.45) is 1.10. The van der Waals surface area contributed by atoms with E-state index in [4.69, 9.17) is 5.73 Å². The molecule has 124 valence electrons. The lowest BCUT2D eigenvalue weighted by Gasteiger charge is -2.06. The summed E-state index contributed by atoms with van der Waals surface area (Å²) in [5.41, 5.74) is 7.47. The molecule has 2 aromatic rings. The minimum absolute atomic E-state index is 0.166. The Labute approximate surface area is 139 Å². The quantitative estimate of drug-likeness (QED) is 0.731. The van der Waals surface area contributed by atoms with Crippen molar-refractivity contribution >= 4 is 38.1 Å². The molecule has 1 amide bonds. The molecule has 1 atom stereocenters. The van der Waals surface area contributed by atoms with Crippen LogP contribution in [0.25, 0.3) is 11.3 Å². The van der Waals surface area contributed by atoms with Gasteiger partial charge < -0.3 is 11.1 Å². The molecule has 0 spiro atoms. The Morgan fingerprint density at radius 2 is 2.00 bits per heavy atom. The summed E-state index contributed by atoms with van der Waals surface area (Å²) >= 11 is 1.32. The molecule has 0 aliphatic rings. The Morgan fingerprint density at radius 3 is 2.57 bits per heavy atom. The second kappa shape index (κ2) is 7.07. The molecule has 1 aromatic carbocycles. The van der Waals surface area contributed by atoms with Crippen molar-refractivity contribution < 1.29 is 13.2 Å². The van der Waals surface area contributed by atoms with E-state index in [0.29, 0.717) is 16.5 Å². The molecule has 7 nitrogen and oxygen atoms in total. The summed E-state index contributed by atoms with van der Waals surface area (Å²) in [7, 11) is -3.30. The zero-order valence-electron chi connectivity index (χ0n) is 12.7. The molecule has 1 aromatic heterocycles. The molecule has 1 heterocycles. The normalized spacial score (nSPS) is 12.7. The van der Waals surface area contributed by atoms with Crippen LogP contribution in [0.3, 0.4) is 0 Å². The second-order valence-electron chi connectivity index (χ2n) is 5.12. The molecule has 23 heavy (non-hydrogen) atoms. The fourth-order valence-corrected chi connectivity index (χ4v) is 3.01. The summed E-state index contributed by atoms with van der Waals surface area (Å²) in [6.45, 7) is 2.02. The summed E-state index contributed by atoms with van der Waals surface area (Å²) in [6, 6.07) is 6.84. The summed E-state index contributed by atoms with van der Waals surface area (Å²) in [5, 5.41) is 5.05. The van der Waals surface area contributed by atoms with Gasteiger partial charge in [0.15, 0.2) is 5.13 Å². The van der Waals surface area contributed by atoms with Crippen molar-refractivity contribution in [3.05, 3.63) is 29.6 Å². The molecular formula is C14H18N4O3S2. The molecule has 0 saturated carbocycles. The average Bonchev–Trinajstić information content (AvgIpc) is 2.94. The molecule has 4 N–H and O–H groups in total. The van der Waals surface area contributed by atoms with Gasteiger partial charge in [-0.15, -0.1) is 11.3 Å². The van der Waals surface area contributed by atoms with Crippen molar-refractivity contribution in [3.63, 3.8) is 0 Å². The monoisotopic (exact) mass is 354 g/mol. The fourth-order valence-electron chi connectivity index (χ4n) is 1.72. The highest BCUT2D eigenvalue weighted by molar-refractivity contribution is 7.92. The van der Waals surface area contributed by atoms with Crippen LogP contribution in [-0.2, 0) is 14.8 Å². The van der Waals surface area contributed by atoms with E-state index in [2.05, 4.69) is 15.0 Å². The van der Waals surface area contributed by atoms with E-state index in [1.54, 1.807) is 31.2 Å². The number of hydrogen-bond donors (Lipinski definition) is 3. The Morgan fingerprint density at radius 1 is 1.35 bits per heavy atom. The lowest BCUT2D eigenvalue weighted by Crippen LogP contribution is -2.26. The van der Waals surface area contributed by atoms with Gasteiger partial charge in [-0.2, -0.15) is 0 Å². The Hall–Kier alpha value is -1.97. The van der Waals surface area contributed by atoms with Gasteiger partial charge in [0, 0.05) is 29.1 Å². The topological polar surface area (TPSA) is 114 Å². The maximum atomic E-state index is 11.8. The summed E-state index contributed by atoms with van der Waals surface area (Å²) in [4.78, 5) is 16.1. The van der Waals surface area contributed by atoms with Gasteiger partial charge in [0.25, 0.3) is 0 Å². The summed E-state index contributed by atoms with van der Waals surface area (Å²) < 4.78 is 24.7. The SMILES string of the molecule is CC(CN)C(=O)Nc1nc(-c2ccc(NS(C)(=O)=O)cc2)cs1. The minimum Gasteiger partial charge on any atom is -0.330 e. The molecule has 0 bridgehead atoms. The van der Waals surface area contributed by atoms with E-state index in [-0.39, 0.29) is 18.4 Å². The van der Waals surface area contributed by atoms with E-state index < -0.39 is 10.0 Å². The zero-order chi connectivity index (χ0) is 17.0. The first-order valence-electron chi connectivity index (χ1n) is 6.83. The van der Waals surface area contributed by atoms with Gasteiger partial charge in [-0.25, -0.2) is 13.4 Å². The van der Waals surface area contributed by atoms with Crippen LogP contribution in [0.1, 0.15) is 6.92 Å². The number of nitrogens with zero attached hydrogens (tertiary/aromatic N) is 1. The van der Waals surface area contributed by atoms with E-state index >= 15 is 0 Å². The highest BCUT2D eigenvalue weighted by Crippen LogP contribution is 2.26. The number of nitrogens with one attached hydrogen (secondary N) is 2. The highest BCUT2D eigenvalue weighted by Gasteiger charge is 2.13. The first-order valence-corrected chi connectivity index (χ1v) is 9.60. The number of carbonyl (C=O) groups is 1. The van der Waals surface area contributed by atoms with Gasteiger partial charge in [-0.05, 0) is 12.1 Å². The van der Waals surface area contributed by atoms with Crippen molar-refractivity contribution in [1.82, 2.24) is 4.98 Å². The lowest BCUT2D eigenvalue weighted by molar-refractivity contribution is -0.119. The Balaban J connectivity index is 2.10. The van der Waals surface area contributed by atoms with Gasteiger partial charge in [0.05, 0.1) is 11.9 Å². The molecule has 2 rings (SSSR count). The predicted molar refractivity (Wildman–Crippen MR) is 92.9 cm³/mol. The van der Waals surface area contributed by atoms with Crippen LogP contribution in [0.5, 0.6) is 0 Å². The number of hydrogen-bond acceptors (Lipinski definition) is 6. The van der Waals surface area contributed by atoms with E-state index in [1.165, 1.54) is 11.3 Å². The molecule has 0 fully saturated rings. The fraction of sp³-hybridized carbons (Fsp3) is 0.286. The van der Waals surface area contributed by atoms with Gasteiger partial charge in [0.2, 0.25) is 15.9 Å². The van der Waals surface area contributed by atoms with Crippen LogP contribution in [0.4, 0.5) is 10.8 Å². The second-order valence-corrected chi connectivity index (χ2v) is 7.72. The van der Waals surface area contributed by atoms with Gasteiger partial charge in [0.1, 0.15) is 0 Å². The van der Waals surface area contributed by atoms with Crippen molar-refractivity contribution in [2.45, 2.75) is 6.92 Å². The van der Waals surface area contributed by atoms with Crippen molar-refractivity contribution in [1.29, 1.82) is 0 Å². The van der Waals surface area contributed by atoms with Crippen LogP contribution in [-0.4, -0.2) is 32.1 Å². The first kappa shape index (κ1) is 17.4. The van der Waals surface area contributed by atoms with Crippen molar-refractivity contribution in [2.24, 2.45) is 11.7 Å². The number of thiazole rings is 1. The number of benzene rings is 1. The Kier molecular flexibility index (Phi) is 5.34. The number of amides is 1. The lowest BCUT2D eigenvalue weighted by atomic mass is 10.1. The van der Waals surface area contributed by atoms with Crippen LogP contribution >= 0.6 is 11.3 Å². The third kappa shape index (κ3) is 5.02. The third-order valence-corrected chi connectivity index (χ3v) is 4.38. The number of nitrogens with two attached hydrogens (primary N) is 1. The minimum atomic E-state index is -3.30.